The topological polar surface area (TPSA) is 57.2 Å². The molecule has 0 aliphatic heterocycles. The molecule has 0 aliphatic carbocycles. The van der Waals surface area contributed by atoms with E-state index in [0.29, 0.717) is 4.48 Å². The van der Waals surface area contributed by atoms with Crippen molar-refractivity contribution < 1.29 is 30.5 Å². The first-order valence-electron chi connectivity index (χ1n) is 4.88. The first kappa shape index (κ1) is 17.8. The molecule has 19 heavy (non-hydrogen) atoms. The maximum Gasteiger partial charge on any atom is 0.485 e. The van der Waals surface area contributed by atoms with Gasteiger partial charge in [-0.05, 0) is 12.1 Å². The van der Waals surface area contributed by atoms with E-state index in [1.807, 2.05) is 44.4 Å². The number of alkyl halides is 4. The van der Waals surface area contributed by atoms with Crippen molar-refractivity contribution in [1.29, 1.82) is 0 Å². The van der Waals surface area contributed by atoms with Gasteiger partial charge in [0, 0.05) is 0 Å². The van der Waals surface area contributed by atoms with Crippen LogP contribution >= 0.6 is 0 Å². The second-order valence-electron chi connectivity index (χ2n) is 4.04. The van der Waals surface area contributed by atoms with Crippen LogP contribution in [0.3, 0.4) is 0 Å². The molecule has 0 aromatic heterocycles. The van der Waals surface area contributed by atoms with Crippen molar-refractivity contribution in [2.24, 2.45) is 0 Å². The highest BCUT2D eigenvalue weighted by Gasteiger charge is 2.36. The molecule has 0 radical (unpaired) electrons. The van der Waals surface area contributed by atoms with Crippen molar-refractivity contribution in [1.82, 2.24) is 4.48 Å². The molecule has 1 rings (SSSR count). The molecule has 0 unspecified atom stereocenters. The van der Waals surface area contributed by atoms with Crippen LogP contribution in [0.2, 0.25) is 0 Å². The number of quaternary nitrogens is 1. The number of benzene rings is 1. The van der Waals surface area contributed by atoms with Crippen LogP contribution in [-0.4, -0.2) is 39.4 Å². The fourth-order valence-electron chi connectivity index (χ4n) is 0.901. The van der Waals surface area contributed by atoms with Gasteiger partial charge in [0.15, 0.2) is 10.1 Å². The highest BCUT2D eigenvalue weighted by atomic mass is 32.2. The van der Waals surface area contributed by atoms with E-state index in [1.165, 1.54) is 0 Å². The normalized spacial score (nSPS) is 12.6. The Labute approximate surface area is 108 Å². The molecular formula is C10H13F4NO3S. The number of para-hydroxylation sites is 1. The first-order chi connectivity index (χ1) is 8.42. The molecule has 1 aromatic rings. The predicted molar refractivity (Wildman–Crippen MR) is 61.8 cm³/mol. The molecule has 110 valence electrons. The second-order valence-corrected chi connectivity index (χ2v) is 5.41. The summed E-state index contributed by atoms with van der Waals surface area (Å²) in [5.74, 6) is 0. The highest BCUT2D eigenvalue weighted by Crippen LogP contribution is 2.20. The van der Waals surface area contributed by atoms with Gasteiger partial charge >= 0.3 is 5.51 Å². The van der Waals surface area contributed by atoms with Crippen molar-refractivity contribution in [3.8, 4) is 0 Å². The Morgan fingerprint density at radius 2 is 1.53 bits per heavy atom. The van der Waals surface area contributed by atoms with E-state index in [9.17, 15) is 17.6 Å². The van der Waals surface area contributed by atoms with Gasteiger partial charge in [-0.25, -0.2) is 8.42 Å². The minimum atomic E-state index is -6.09. The first-order valence-corrected chi connectivity index (χ1v) is 6.29. The minimum Gasteiger partial charge on any atom is -0.741 e. The lowest BCUT2D eigenvalue weighted by Gasteiger charge is -2.24. The van der Waals surface area contributed by atoms with Gasteiger partial charge in [0.05, 0.1) is 14.1 Å². The predicted octanol–water partition coefficient (Wildman–Crippen LogP) is 2.23. The average molecular weight is 303 g/mol. The molecular weight excluding hydrogens is 290 g/mol. The molecule has 0 N–H and O–H groups in total. The molecule has 0 bridgehead atoms. The smallest absolute Gasteiger partial charge is 0.485 e. The largest absolute Gasteiger partial charge is 0.741 e. The summed E-state index contributed by atoms with van der Waals surface area (Å²) in [5.41, 5.74) is -4.65. The zero-order chi connectivity index (χ0) is 15.3. The standard InChI is InChI=1S/C9H13FN.CHF3O3S/c1-11(2,8-10)9-6-4-3-5-7-9;2-1(3,4)8(5,6)7/h3-7H,8H2,1-2H3;(H,5,6,7)/q+1;/p-1. The van der Waals surface area contributed by atoms with Gasteiger partial charge in [-0.15, -0.1) is 0 Å². The molecule has 0 saturated heterocycles. The molecule has 0 saturated carbocycles. The van der Waals surface area contributed by atoms with E-state index in [1.54, 1.807) is 0 Å². The molecule has 0 atom stereocenters. The van der Waals surface area contributed by atoms with Crippen molar-refractivity contribution in [2.45, 2.75) is 5.51 Å². The summed E-state index contributed by atoms with van der Waals surface area (Å²) in [5, 5.41) is 0. The van der Waals surface area contributed by atoms with Gasteiger partial charge in [-0.3, -0.25) is 4.48 Å². The number of halogens is 4. The van der Waals surface area contributed by atoms with E-state index in [2.05, 4.69) is 0 Å². The lowest BCUT2D eigenvalue weighted by Crippen LogP contribution is -2.39. The number of nitrogens with zero attached hydrogens (tertiary/aromatic N) is 1. The van der Waals surface area contributed by atoms with E-state index >= 15 is 0 Å². The Morgan fingerprint density at radius 1 is 1.16 bits per heavy atom. The number of rotatable bonds is 2. The third kappa shape index (κ3) is 5.99. The zero-order valence-electron chi connectivity index (χ0n) is 10.2. The number of hydrogen-bond donors (Lipinski definition) is 0. The van der Waals surface area contributed by atoms with Crippen molar-refractivity contribution in [3.05, 3.63) is 30.3 Å². The third-order valence-corrected chi connectivity index (χ3v) is 2.60. The van der Waals surface area contributed by atoms with Crippen molar-refractivity contribution >= 4 is 15.8 Å². The lowest BCUT2D eigenvalue weighted by atomic mass is 10.3. The van der Waals surface area contributed by atoms with Crippen LogP contribution < -0.4 is 4.48 Å². The monoisotopic (exact) mass is 303 g/mol. The van der Waals surface area contributed by atoms with Crippen molar-refractivity contribution in [2.75, 3.05) is 20.9 Å². The van der Waals surface area contributed by atoms with Crippen LogP contribution in [0.1, 0.15) is 0 Å². The summed E-state index contributed by atoms with van der Waals surface area (Å²) in [7, 11) is -2.41. The maximum absolute atomic E-state index is 12.4. The molecule has 0 heterocycles. The Morgan fingerprint density at radius 3 is 1.79 bits per heavy atom. The summed E-state index contributed by atoms with van der Waals surface area (Å²) in [4.78, 5) is 0. The van der Waals surface area contributed by atoms with E-state index in [-0.39, 0.29) is 6.80 Å². The van der Waals surface area contributed by atoms with Crippen LogP contribution in [0.25, 0.3) is 0 Å². The fraction of sp³-hybridized carbons (Fsp3) is 0.400. The summed E-state index contributed by atoms with van der Waals surface area (Å²) < 4.78 is 71.6. The Balaban J connectivity index is 0.000000362. The van der Waals surface area contributed by atoms with Gasteiger partial charge < -0.3 is 4.55 Å². The van der Waals surface area contributed by atoms with E-state index in [4.69, 9.17) is 13.0 Å². The highest BCUT2D eigenvalue weighted by molar-refractivity contribution is 7.86. The van der Waals surface area contributed by atoms with Crippen LogP contribution in [0.4, 0.5) is 23.2 Å². The van der Waals surface area contributed by atoms with Crippen LogP contribution in [0.5, 0.6) is 0 Å². The van der Waals surface area contributed by atoms with Gasteiger partial charge in [0.2, 0.25) is 6.80 Å². The van der Waals surface area contributed by atoms with Gasteiger partial charge in [-0.1, -0.05) is 18.2 Å². The Bertz CT molecular complexity index is 485. The van der Waals surface area contributed by atoms with Gasteiger partial charge in [0.1, 0.15) is 5.69 Å². The molecule has 0 spiro atoms. The van der Waals surface area contributed by atoms with Crippen LogP contribution in [0, 0.1) is 0 Å². The van der Waals surface area contributed by atoms with Gasteiger partial charge in [-0.2, -0.15) is 17.6 Å². The third-order valence-electron chi connectivity index (χ3n) is 2.04. The van der Waals surface area contributed by atoms with Crippen molar-refractivity contribution in [3.63, 3.8) is 0 Å². The maximum atomic E-state index is 12.4. The van der Waals surface area contributed by atoms with E-state index < -0.39 is 15.6 Å². The molecule has 9 heteroatoms. The second kappa shape index (κ2) is 6.31. The summed E-state index contributed by atoms with van der Waals surface area (Å²) in [6.45, 7) is -0.371. The summed E-state index contributed by atoms with van der Waals surface area (Å²) >= 11 is 0. The summed E-state index contributed by atoms with van der Waals surface area (Å²) in [6.07, 6.45) is 0. The van der Waals surface area contributed by atoms with E-state index in [0.717, 1.165) is 5.69 Å². The van der Waals surface area contributed by atoms with Crippen LogP contribution in [-0.2, 0) is 10.1 Å². The quantitative estimate of drug-likeness (QED) is 0.277. The SMILES string of the molecule is C[N+](C)(CF)c1ccccc1.O=S(=O)([O-])C(F)(F)F. The molecule has 0 amide bonds. The molecule has 1 aromatic carbocycles. The van der Waals surface area contributed by atoms with Gasteiger partial charge in [0.25, 0.3) is 0 Å². The molecule has 4 nitrogen and oxygen atoms in total. The van der Waals surface area contributed by atoms with Crippen LogP contribution in [0.15, 0.2) is 30.3 Å². The zero-order valence-corrected chi connectivity index (χ0v) is 11.0. The Hall–Kier alpha value is -1.19. The Kier molecular flexibility index (Phi) is 5.91. The molecule has 0 aliphatic rings. The lowest BCUT2D eigenvalue weighted by molar-refractivity contribution is -0.0517. The minimum absolute atomic E-state index is 0.292. The molecule has 0 fully saturated rings. The summed E-state index contributed by atoms with van der Waals surface area (Å²) in [6, 6.07) is 9.64. The number of hydrogen-bond acceptors (Lipinski definition) is 3. The average Bonchev–Trinajstić information content (AvgIpc) is 2.28. The fourth-order valence-corrected chi connectivity index (χ4v) is 0.901.